The van der Waals surface area contributed by atoms with E-state index in [1.807, 2.05) is 6.08 Å². The highest BCUT2D eigenvalue weighted by Gasteiger charge is 2.44. The molecule has 11 heteroatoms. The van der Waals surface area contributed by atoms with E-state index in [0.717, 1.165) is 64.2 Å². The van der Waals surface area contributed by atoms with E-state index in [2.05, 4.69) is 55.6 Å². The third kappa shape index (κ3) is 63.1. The van der Waals surface area contributed by atoms with E-state index in [0.29, 0.717) is 19.4 Å². The zero-order valence-corrected chi connectivity index (χ0v) is 63.8. The largest absolute Gasteiger partial charge is 0.466 e. The van der Waals surface area contributed by atoms with Crippen molar-refractivity contribution in [2.45, 2.75) is 468 Å². The number of carbonyl (C=O) groups is 2. The molecule has 0 aromatic carbocycles. The minimum absolute atomic E-state index is 0.0212. The summed E-state index contributed by atoms with van der Waals surface area (Å²) in [6, 6.07) is -0.832. The van der Waals surface area contributed by atoms with Crippen LogP contribution in [0.25, 0.3) is 0 Å². The number of allylic oxidation sites excluding steroid dienone is 7. The second kappa shape index (κ2) is 74.8. The maximum absolute atomic E-state index is 13.1. The smallest absolute Gasteiger partial charge is 0.305 e. The fourth-order valence-corrected chi connectivity index (χ4v) is 13.5. The summed E-state index contributed by atoms with van der Waals surface area (Å²) in [7, 11) is 0. The lowest BCUT2D eigenvalue weighted by atomic mass is 9.99. The number of ether oxygens (including phenoxy) is 3. The van der Waals surface area contributed by atoms with Crippen LogP contribution in [0.2, 0.25) is 0 Å². The minimum Gasteiger partial charge on any atom is -0.466 e. The fourth-order valence-electron chi connectivity index (χ4n) is 13.5. The molecule has 1 heterocycles. The van der Waals surface area contributed by atoms with E-state index in [4.69, 9.17) is 14.2 Å². The first-order valence-electron chi connectivity index (χ1n) is 42.4. The van der Waals surface area contributed by atoms with Gasteiger partial charge in [0.1, 0.15) is 24.4 Å². The summed E-state index contributed by atoms with van der Waals surface area (Å²) in [6.45, 7) is 4.35. The van der Waals surface area contributed by atoms with Crippen molar-refractivity contribution in [3.8, 4) is 0 Å². The molecule has 0 radical (unpaired) electrons. The molecule has 11 nitrogen and oxygen atoms in total. The molecule has 7 unspecified atom stereocenters. The normalized spacial score (nSPS) is 17.5. The van der Waals surface area contributed by atoms with Gasteiger partial charge in [0, 0.05) is 12.8 Å². The van der Waals surface area contributed by atoms with E-state index >= 15 is 0 Å². The number of aliphatic hydroxyl groups is 5. The van der Waals surface area contributed by atoms with Gasteiger partial charge in [-0.15, -0.1) is 0 Å². The molecular formula is C86H161NO10. The van der Waals surface area contributed by atoms with Gasteiger partial charge in [-0.1, -0.05) is 377 Å². The predicted molar refractivity (Wildman–Crippen MR) is 412 cm³/mol. The van der Waals surface area contributed by atoms with Crippen LogP contribution in [0.1, 0.15) is 425 Å². The molecule has 1 fully saturated rings. The highest BCUT2D eigenvalue weighted by Crippen LogP contribution is 2.24. The van der Waals surface area contributed by atoms with Crippen LogP contribution in [-0.2, 0) is 23.8 Å². The second-order valence-corrected chi connectivity index (χ2v) is 29.5. The van der Waals surface area contributed by atoms with Gasteiger partial charge < -0.3 is 45.1 Å². The lowest BCUT2D eigenvalue weighted by molar-refractivity contribution is -0.302. The molecule has 1 amide bonds. The van der Waals surface area contributed by atoms with Crippen molar-refractivity contribution in [1.29, 1.82) is 0 Å². The number of nitrogens with one attached hydrogen (secondary N) is 1. The van der Waals surface area contributed by atoms with Crippen LogP contribution in [0, 0.1) is 0 Å². The maximum atomic E-state index is 13.1. The van der Waals surface area contributed by atoms with Crippen molar-refractivity contribution in [2.75, 3.05) is 19.8 Å². The molecule has 0 spiro atoms. The first-order valence-corrected chi connectivity index (χ1v) is 42.4. The van der Waals surface area contributed by atoms with Crippen molar-refractivity contribution in [2.24, 2.45) is 0 Å². The fraction of sp³-hybridized carbons (Fsp3) is 0.884. The molecule has 7 atom stereocenters. The molecule has 6 N–H and O–H groups in total. The van der Waals surface area contributed by atoms with Gasteiger partial charge in [-0.2, -0.15) is 0 Å². The Morgan fingerprint density at radius 2 is 0.670 bits per heavy atom. The monoisotopic (exact) mass is 1370 g/mol. The van der Waals surface area contributed by atoms with Crippen LogP contribution in [0.3, 0.4) is 0 Å². The van der Waals surface area contributed by atoms with Crippen LogP contribution in [-0.4, -0.2) is 100 Å². The minimum atomic E-state index is -1.58. The lowest BCUT2D eigenvalue weighted by Crippen LogP contribution is -2.60. The molecule has 1 aliphatic heterocycles. The summed E-state index contributed by atoms with van der Waals surface area (Å²) >= 11 is 0. The maximum Gasteiger partial charge on any atom is 0.305 e. The number of aliphatic hydroxyl groups excluding tert-OH is 5. The topological polar surface area (TPSA) is 175 Å². The predicted octanol–water partition coefficient (Wildman–Crippen LogP) is 23.4. The van der Waals surface area contributed by atoms with Gasteiger partial charge in [-0.3, -0.25) is 9.59 Å². The lowest BCUT2D eigenvalue weighted by Gasteiger charge is -2.40. The zero-order valence-electron chi connectivity index (χ0n) is 63.8. The summed E-state index contributed by atoms with van der Waals surface area (Å²) in [4.78, 5) is 25.2. The van der Waals surface area contributed by atoms with E-state index in [1.54, 1.807) is 6.08 Å². The number of amides is 1. The van der Waals surface area contributed by atoms with Gasteiger partial charge in [0.05, 0.1) is 32.0 Å². The first kappa shape index (κ1) is 92.6. The quantitative estimate of drug-likeness (QED) is 0.0195. The third-order valence-corrected chi connectivity index (χ3v) is 20.1. The molecule has 1 aliphatic rings. The van der Waals surface area contributed by atoms with Crippen LogP contribution < -0.4 is 5.32 Å². The van der Waals surface area contributed by atoms with Crippen molar-refractivity contribution >= 4 is 11.9 Å². The molecule has 1 saturated heterocycles. The Labute approximate surface area is 599 Å². The molecule has 0 aliphatic carbocycles. The Kier molecular flexibility index (Phi) is 71.4. The Morgan fingerprint density at radius 3 is 1.04 bits per heavy atom. The highest BCUT2D eigenvalue weighted by molar-refractivity contribution is 5.76. The van der Waals surface area contributed by atoms with Crippen LogP contribution >= 0.6 is 0 Å². The standard InChI is InChI=1S/C86H161NO10/c1-3-5-7-9-11-13-15-17-18-42-46-50-54-58-62-66-70-74-82(91)95-75-71-67-63-59-55-51-47-44-41-39-37-35-33-31-29-27-25-23-21-19-20-22-24-26-28-30-32-34-36-38-40-43-45-49-53-57-61-65-69-73-81(90)87-78(77-96-86-85(94)84(93)83(92)80(76-88)97-86)79(89)72-68-64-60-56-52-48-16-14-12-10-8-6-4-2/h12,14,19-20,52,56,68,72,78-80,83-86,88-89,92-94H,3-11,13,15-18,21-51,53-55,57-67,69-71,73-77H2,1-2H3,(H,87,90)/b14-12+,20-19-,56-52+,72-68+. The Morgan fingerprint density at radius 1 is 0.371 bits per heavy atom. The first-order chi connectivity index (χ1) is 47.7. The van der Waals surface area contributed by atoms with Gasteiger partial charge in [0.2, 0.25) is 5.91 Å². The van der Waals surface area contributed by atoms with Crippen LogP contribution in [0.4, 0.5) is 0 Å². The van der Waals surface area contributed by atoms with E-state index in [1.165, 1.54) is 334 Å². The summed E-state index contributed by atoms with van der Waals surface area (Å²) in [5.41, 5.74) is 0. The van der Waals surface area contributed by atoms with Gasteiger partial charge in [0.25, 0.3) is 0 Å². The average Bonchev–Trinajstić information content (AvgIpc) is 0.840. The number of carbonyl (C=O) groups excluding carboxylic acids is 2. The number of hydrogen-bond donors (Lipinski definition) is 6. The SMILES string of the molecule is CCCCC/C=C/CC/C=C/CC/C=C/C(O)C(COC1OC(CO)C(O)C(O)C1O)NC(=O)CCCCCCCCCCCCCCCCCCC/C=C\CCCCCCCCCCCCCCCCCCCCOC(=O)CCCCCCCCCCCCCCCCCCC. The molecule has 97 heavy (non-hydrogen) atoms. The number of rotatable bonds is 76. The zero-order chi connectivity index (χ0) is 70.1. The summed E-state index contributed by atoms with van der Waals surface area (Å²) in [6.07, 6.45) is 90.3. The number of hydrogen-bond acceptors (Lipinski definition) is 10. The van der Waals surface area contributed by atoms with Crippen molar-refractivity contribution < 1.29 is 49.3 Å². The molecule has 1 rings (SSSR count). The molecule has 0 aromatic heterocycles. The summed E-state index contributed by atoms with van der Waals surface area (Å²) in [5, 5.41) is 54.5. The van der Waals surface area contributed by atoms with E-state index in [9.17, 15) is 35.1 Å². The molecular weight excluding hydrogens is 1210 g/mol. The van der Waals surface area contributed by atoms with Crippen molar-refractivity contribution in [1.82, 2.24) is 5.32 Å². The Hall–Kier alpha value is -2.38. The number of esters is 1. The van der Waals surface area contributed by atoms with Crippen LogP contribution in [0.5, 0.6) is 0 Å². The van der Waals surface area contributed by atoms with Gasteiger partial charge in [-0.25, -0.2) is 0 Å². The molecule has 570 valence electrons. The Bertz CT molecular complexity index is 1750. The Balaban J connectivity index is 1.87. The average molecular weight is 1370 g/mol. The highest BCUT2D eigenvalue weighted by atomic mass is 16.7. The number of unbranched alkanes of at least 4 members (excludes halogenated alkanes) is 56. The van der Waals surface area contributed by atoms with Gasteiger partial charge >= 0.3 is 5.97 Å². The van der Waals surface area contributed by atoms with Crippen molar-refractivity contribution in [3.05, 3.63) is 48.6 Å². The molecule has 0 bridgehead atoms. The van der Waals surface area contributed by atoms with Gasteiger partial charge in [0.15, 0.2) is 6.29 Å². The van der Waals surface area contributed by atoms with Crippen molar-refractivity contribution in [3.63, 3.8) is 0 Å². The van der Waals surface area contributed by atoms with Crippen LogP contribution in [0.15, 0.2) is 48.6 Å². The van der Waals surface area contributed by atoms with E-state index < -0.39 is 49.5 Å². The second-order valence-electron chi connectivity index (χ2n) is 29.5. The van der Waals surface area contributed by atoms with Gasteiger partial charge in [-0.05, 0) is 83.5 Å². The third-order valence-electron chi connectivity index (χ3n) is 20.1. The molecule has 0 aromatic rings. The summed E-state index contributed by atoms with van der Waals surface area (Å²) in [5.74, 6) is -0.170. The molecule has 0 saturated carbocycles. The summed E-state index contributed by atoms with van der Waals surface area (Å²) < 4.78 is 16.8. The van der Waals surface area contributed by atoms with E-state index in [-0.39, 0.29) is 18.5 Å².